The fourth-order valence-corrected chi connectivity index (χ4v) is 2.52. The number of benzene rings is 1. The maximum Gasteiger partial charge on any atom is 0.127 e. The van der Waals surface area contributed by atoms with Crippen LogP contribution in [0.15, 0.2) is 12.1 Å². The molecular weight excluding hydrogens is 230 g/mol. The smallest absolute Gasteiger partial charge is 0.127 e. The van der Waals surface area contributed by atoms with Crippen LogP contribution in [0.5, 0.6) is 11.5 Å². The summed E-state index contributed by atoms with van der Waals surface area (Å²) in [5, 5.41) is 3.48. The number of hydrogen-bond donors (Lipinski definition) is 1. The van der Waals surface area contributed by atoms with Crippen LogP contribution < -0.4 is 14.8 Å². The van der Waals surface area contributed by atoms with Crippen molar-refractivity contribution in [3.8, 4) is 11.5 Å². The van der Waals surface area contributed by atoms with Crippen molar-refractivity contribution in [1.82, 2.24) is 5.32 Å². The molecule has 18 heavy (non-hydrogen) atoms. The summed E-state index contributed by atoms with van der Waals surface area (Å²) in [7, 11) is 5.08. The predicted octanol–water partition coefficient (Wildman–Crippen LogP) is 2.27. The monoisotopic (exact) mass is 251 g/mol. The fraction of sp³-hybridized carbons (Fsp3) is 0.571. The minimum atomic E-state index is 0.325. The SMILES string of the molecule is COCc1cc(OC)c(C2CCCN2)c(OC)c1. The number of rotatable bonds is 5. The molecule has 0 bridgehead atoms. The molecule has 1 atom stereocenters. The minimum absolute atomic E-state index is 0.325. The van der Waals surface area contributed by atoms with E-state index in [4.69, 9.17) is 14.2 Å². The zero-order valence-electron chi connectivity index (χ0n) is 11.3. The molecule has 2 rings (SSSR count). The molecule has 4 nitrogen and oxygen atoms in total. The third kappa shape index (κ3) is 2.60. The van der Waals surface area contributed by atoms with Crippen LogP contribution in [0.25, 0.3) is 0 Å². The van der Waals surface area contributed by atoms with Crippen LogP contribution in [0.2, 0.25) is 0 Å². The highest BCUT2D eigenvalue weighted by molar-refractivity contribution is 5.50. The second-order valence-electron chi connectivity index (χ2n) is 4.50. The highest BCUT2D eigenvalue weighted by atomic mass is 16.5. The Morgan fingerprint density at radius 2 is 1.83 bits per heavy atom. The van der Waals surface area contributed by atoms with Gasteiger partial charge in [-0.1, -0.05) is 0 Å². The van der Waals surface area contributed by atoms with Gasteiger partial charge in [-0.05, 0) is 37.1 Å². The third-order valence-corrected chi connectivity index (χ3v) is 3.32. The Bertz CT molecular complexity index is 375. The van der Waals surface area contributed by atoms with Crippen LogP contribution in [0, 0.1) is 0 Å². The lowest BCUT2D eigenvalue weighted by Crippen LogP contribution is -2.15. The zero-order chi connectivity index (χ0) is 13.0. The fourth-order valence-electron chi connectivity index (χ4n) is 2.52. The van der Waals surface area contributed by atoms with Crippen molar-refractivity contribution in [2.75, 3.05) is 27.9 Å². The van der Waals surface area contributed by atoms with E-state index in [-0.39, 0.29) is 0 Å². The Kier molecular flexibility index (Phi) is 4.44. The molecule has 1 aromatic carbocycles. The highest BCUT2D eigenvalue weighted by Gasteiger charge is 2.24. The topological polar surface area (TPSA) is 39.7 Å². The summed E-state index contributed by atoms with van der Waals surface area (Å²) in [6, 6.07) is 4.38. The first kappa shape index (κ1) is 13.2. The number of methoxy groups -OCH3 is 3. The second kappa shape index (κ2) is 6.07. The van der Waals surface area contributed by atoms with Crippen molar-refractivity contribution < 1.29 is 14.2 Å². The van der Waals surface area contributed by atoms with Gasteiger partial charge in [0.2, 0.25) is 0 Å². The van der Waals surface area contributed by atoms with Gasteiger partial charge >= 0.3 is 0 Å². The van der Waals surface area contributed by atoms with Crippen LogP contribution in [0.4, 0.5) is 0 Å². The minimum Gasteiger partial charge on any atom is -0.496 e. The Balaban J connectivity index is 2.41. The van der Waals surface area contributed by atoms with Crippen molar-refractivity contribution in [3.05, 3.63) is 23.3 Å². The van der Waals surface area contributed by atoms with Crippen LogP contribution in [0.3, 0.4) is 0 Å². The number of nitrogens with one attached hydrogen (secondary N) is 1. The average Bonchev–Trinajstić information content (AvgIpc) is 2.91. The maximum absolute atomic E-state index is 5.51. The summed E-state index contributed by atoms with van der Waals surface area (Å²) >= 11 is 0. The summed E-state index contributed by atoms with van der Waals surface area (Å²) in [6.45, 7) is 1.61. The van der Waals surface area contributed by atoms with E-state index >= 15 is 0 Å². The second-order valence-corrected chi connectivity index (χ2v) is 4.50. The van der Waals surface area contributed by atoms with Crippen LogP contribution in [-0.4, -0.2) is 27.9 Å². The van der Waals surface area contributed by atoms with Gasteiger partial charge in [0.05, 0.1) is 26.4 Å². The first-order chi connectivity index (χ1) is 8.80. The number of hydrogen-bond acceptors (Lipinski definition) is 4. The lowest BCUT2D eigenvalue weighted by atomic mass is 10.0. The molecule has 1 aliphatic heterocycles. The lowest BCUT2D eigenvalue weighted by Gasteiger charge is -2.20. The molecule has 100 valence electrons. The summed E-state index contributed by atoms with van der Waals surface area (Å²) in [6.07, 6.45) is 2.31. The summed E-state index contributed by atoms with van der Waals surface area (Å²) in [4.78, 5) is 0. The van der Waals surface area contributed by atoms with Gasteiger partial charge in [0.25, 0.3) is 0 Å². The van der Waals surface area contributed by atoms with Crippen molar-refractivity contribution in [3.63, 3.8) is 0 Å². The third-order valence-electron chi connectivity index (χ3n) is 3.32. The average molecular weight is 251 g/mol. The van der Waals surface area contributed by atoms with Crippen LogP contribution in [0.1, 0.15) is 30.0 Å². The highest BCUT2D eigenvalue weighted by Crippen LogP contribution is 2.39. The van der Waals surface area contributed by atoms with Gasteiger partial charge in [-0.15, -0.1) is 0 Å². The van der Waals surface area contributed by atoms with Gasteiger partial charge in [0.1, 0.15) is 11.5 Å². The molecule has 0 aliphatic carbocycles. The molecule has 0 aromatic heterocycles. The molecule has 0 radical (unpaired) electrons. The largest absolute Gasteiger partial charge is 0.496 e. The molecule has 1 heterocycles. The molecule has 1 aromatic rings. The Morgan fingerprint density at radius 3 is 2.28 bits per heavy atom. The molecule has 1 aliphatic rings. The van der Waals surface area contributed by atoms with E-state index in [0.29, 0.717) is 12.6 Å². The molecule has 1 N–H and O–H groups in total. The molecule has 1 unspecified atom stereocenters. The standard InChI is InChI=1S/C14H21NO3/c1-16-9-10-7-12(17-2)14(13(8-10)18-3)11-5-4-6-15-11/h7-8,11,15H,4-6,9H2,1-3H3. The van der Waals surface area contributed by atoms with Gasteiger partial charge in [0.15, 0.2) is 0 Å². The van der Waals surface area contributed by atoms with Crippen molar-refractivity contribution in [2.24, 2.45) is 0 Å². The molecule has 0 saturated carbocycles. The molecule has 1 saturated heterocycles. The van der Waals surface area contributed by atoms with Crippen LogP contribution >= 0.6 is 0 Å². The van der Waals surface area contributed by atoms with Gasteiger partial charge in [-0.25, -0.2) is 0 Å². The summed E-state index contributed by atoms with van der Waals surface area (Å²) in [5.74, 6) is 1.75. The Labute approximate surface area is 108 Å². The normalized spacial score (nSPS) is 18.9. The maximum atomic E-state index is 5.51. The van der Waals surface area contributed by atoms with E-state index in [0.717, 1.165) is 35.6 Å². The first-order valence-corrected chi connectivity index (χ1v) is 6.27. The molecule has 4 heteroatoms. The Hall–Kier alpha value is -1.26. The van der Waals surface area contributed by atoms with Crippen molar-refractivity contribution in [2.45, 2.75) is 25.5 Å². The first-order valence-electron chi connectivity index (χ1n) is 6.27. The molecular formula is C14H21NO3. The zero-order valence-corrected chi connectivity index (χ0v) is 11.3. The molecule has 0 amide bonds. The van der Waals surface area contributed by atoms with E-state index in [9.17, 15) is 0 Å². The predicted molar refractivity (Wildman–Crippen MR) is 70.2 cm³/mol. The van der Waals surface area contributed by atoms with Crippen molar-refractivity contribution >= 4 is 0 Å². The van der Waals surface area contributed by atoms with Gasteiger partial charge in [-0.2, -0.15) is 0 Å². The summed E-state index contributed by atoms with van der Waals surface area (Å²) in [5.41, 5.74) is 2.19. The molecule has 1 fully saturated rings. The van der Waals surface area contributed by atoms with E-state index in [1.807, 2.05) is 12.1 Å². The van der Waals surface area contributed by atoms with Gasteiger partial charge < -0.3 is 19.5 Å². The van der Waals surface area contributed by atoms with E-state index in [1.54, 1.807) is 21.3 Å². The van der Waals surface area contributed by atoms with Gasteiger partial charge in [0, 0.05) is 13.2 Å². The lowest BCUT2D eigenvalue weighted by molar-refractivity contribution is 0.184. The van der Waals surface area contributed by atoms with E-state index < -0.39 is 0 Å². The van der Waals surface area contributed by atoms with Crippen LogP contribution in [-0.2, 0) is 11.3 Å². The van der Waals surface area contributed by atoms with E-state index in [1.165, 1.54) is 6.42 Å². The summed E-state index contributed by atoms with van der Waals surface area (Å²) < 4.78 is 16.2. The van der Waals surface area contributed by atoms with E-state index in [2.05, 4.69) is 5.32 Å². The molecule has 0 spiro atoms. The van der Waals surface area contributed by atoms with Gasteiger partial charge in [-0.3, -0.25) is 0 Å². The Morgan fingerprint density at radius 1 is 1.17 bits per heavy atom. The quantitative estimate of drug-likeness (QED) is 0.871. The number of ether oxygens (including phenoxy) is 3. The van der Waals surface area contributed by atoms with Crippen molar-refractivity contribution in [1.29, 1.82) is 0 Å².